The number of nitrogens with one attached hydrogen (secondary N) is 2. The van der Waals surface area contributed by atoms with Gasteiger partial charge in [-0.2, -0.15) is 0 Å². The highest BCUT2D eigenvalue weighted by atomic mass is 16.6. The molecule has 0 saturated carbocycles. The first-order chi connectivity index (χ1) is 7.37. The predicted octanol–water partition coefficient (Wildman–Crippen LogP) is 2.04. The van der Waals surface area contributed by atoms with Gasteiger partial charge in [0.25, 0.3) is 0 Å². The zero-order valence-electron chi connectivity index (χ0n) is 10.8. The van der Waals surface area contributed by atoms with Gasteiger partial charge in [-0.05, 0) is 40.5 Å². The number of amides is 1. The van der Waals surface area contributed by atoms with Crippen molar-refractivity contribution < 1.29 is 9.53 Å². The molecule has 1 rings (SSSR count). The first kappa shape index (κ1) is 13.3. The molecule has 94 valence electrons. The van der Waals surface area contributed by atoms with Gasteiger partial charge in [-0.15, -0.1) is 0 Å². The summed E-state index contributed by atoms with van der Waals surface area (Å²) in [7, 11) is 0. The van der Waals surface area contributed by atoms with Crippen LogP contribution >= 0.6 is 0 Å². The van der Waals surface area contributed by atoms with E-state index < -0.39 is 5.60 Å². The van der Waals surface area contributed by atoms with Gasteiger partial charge in [0, 0.05) is 18.6 Å². The summed E-state index contributed by atoms with van der Waals surface area (Å²) in [5, 5.41) is 6.27. The van der Waals surface area contributed by atoms with Gasteiger partial charge in [-0.3, -0.25) is 0 Å². The summed E-state index contributed by atoms with van der Waals surface area (Å²) in [5.74, 6) is 0. The molecule has 2 atom stereocenters. The summed E-state index contributed by atoms with van der Waals surface area (Å²) in [4.78, 5) is 11.4. The predicted molar refractivity (Wildman–Crippen MR) is 64.5 cm³/mol. The van der Waals surface area contributed by atoms with Crippen LogP contribution in [0.15, 0.2) is 0 Å². The third-order valence-electron chi connectivity index (χ3n) is 2.60. The number of ether oxygens (including phenoxy) is 1. The summed E-state index contributed by atoms with van der Waals surface area (Å²) in [6.45, 7) is 8.44. The molecule has 0 spiro atoms. The molecular weight excluding hydrogens is 204 g/mol. The van der Waals surface area contributed by atoms with E-state index >= 15 is 0 Å². The Morgan fingerprint density at radius 3 is 2.69 bits per heavy atom. The van der Waals surface area contributed by atoms with Crippen molar-refractivity contribution >= 4 is 6.09 Å². The van der Waals surface area contributed by atoms with E-state index in [4.69, 9.17) is 4.74 Å². The Balaban J connectivity index is 2.21. The summed E-state index contributed by atoms with van der Waals surface area (Å²) in [6, 6.07) is 0.940. The van der Waals surface area contributed by atoms with Crippen molar-refractivity contribution in [1.82, 2.24) is 10.6 Å². The topological polar surface area (TPSA) is 50.4 Å². The Bertz CT molecular complexity index is 236. The molecule has 0 unspecified atom stereocenters. The number of piperidine rings is 1. The van der Waals surface area contributed by atoms with Crippen LogP contribution in [0.5, 0.6) is 0 Å². The second-order valence-electron chi connectivity index (χ2n) is 5.58. The van der Waals surface area contributed by atoms with Crippen molar-refractivity contribution in [2.75, 3.05) is 6.54 Å². The largest absolute Gasteiger partial charge is 0.444 e. The van der Waals surface area contributed by atoms with E-state index in [0.29, 0.717) is 18.6 Å². The molecule has 1 heterocycles. The molecule has 1 aliphatic rings. The molecule has 0 bridgehead atoms. The molecule has 0 aromatic rings. The summed E-state index contributed by atoms with van der Waals surface area (Å²) in [5.41, 5.74) is -0.419. The third-order valence-corrected chi connectivity index (χ3v) is 2.60. The van der Waals surface area contributed by atoms with Gasteiger partial charge < -0.3 is 15.4 Å². The maximum Gasteiger partial charge on any atom is 0.407 e. The van der Waals surface area contributed by atoms with Crippen LogP contribution in [0, 0.1) is 0 Å². The molecule has 0 aliphatic carbocycles. The Hall–Kier alpha value is -0.770. The number of carbonyl (C=O) groups is 1. The molecule has 16 heavy (non-hydrogen) atoms. The second-order valence-corrected chi connectivity index (χ2v) is 5.58. The molecule has 4 heteroatoms. The monoisotopic (exact) mass is 228 g/mol. The first-order valence-corrected chi connectivity index (χ1v) is 6.10. The minimum absolute atomic E-state index is 0.326. The number of hydrogen-bond donors (Lipinski definition) is 2. The fraction of sp³-hybridized carbons (Fsp3) is 0.917. The molecule has 0 aromatic heterocycles. The maximum absolute atomic E-state index is 11.4. The smallest absolute Gasteiger partial charge is 0.407 e. The molecule has 1 fully saturated rings. The lowest BCUT2D eigenvalue weighted by atomic mass is 10.00. The quantitative estimate of drug-likeness (QED) is 0.760. The van der Waals surface area contributed by atoms with Gasteiger partial charge in [-0.25, -0.2) is 4.79 Å². The van der Waals surface area contributed by atoms with Crippen molar-refractivity contribution in [2.24, 2.45) is 0 Å². The fourth-order valence-corrected chi connectivity index (χ4v) is 1.92. The average Bonchev–Trinajstić information content (AvgIpc) is 2.12. The van der Waals surface area contributed by atoms with Crippen LogP contribution in [0.1, 0.15) is 47.0 Å². The Morgan fingerprint density at radius 2 is 2.12 bits per heavy atom. The van der Waals surface area contributed by atoms with E-state index in [9.17, 15) is 4.79 Å². The standard InChI is InChI=1S/C12H24N2O2/c1-9-6-5-7-10(14-9)8-13-11(15)16-12(2,3)4/h9-10,14H,5-8H2,1-4H3,(H,13,15)/t9-,10+/m0/s1. The van der Waals surface area contributed by atoms with Crippen molar-refractivity contribution in [2.45, 2.75) is 64.6 Å². The van der Waals surface area contributed by atoms with Crippen molar-refractivity contribution in [3.05, 3.63) is 0 Å². The zero-order chi connectivity index (χ0) is 12.2. The highest BCUT2D eigenvalue weighted by molar-refractivity contribution is 5.67. The van der Waals surface area contributed by atoms with E-state index in [0.717, 1.165) is 6.42 Å². The van der Waals surface area contributed by atoms with E-state index in [1.807, 2.05) is 20.8 Å². The van der Waals surface area contributed by atoms with Crippen molar-refractivity contribution in [3.63, 3.8) is 0 Å². The van der Waals surface area contributed by atoms with Crippen LogP contribution in [0.4, 0.5) is 4.79 Å². The second kappa shape index (κ2) is 5.53. The fourth-order valence-electron chi connectivity index (χ4n) is 1.92. The number of carbonyl (C=O) groups excluding carboxylic acids is 1. The third kappa shape index (κ3) is 5.35. The SMILES string of the molecule is C[C@H]1CCC[C@H](CNC(=O)OC(C)(C)C)N1. The normalized spacial score (nSPS) is 26.2. The van der Waals surface area contributed by atoms with Gasteiger partial charge in [0.05, 0.1) is 0 Å². The molecule has 4 nitrogen and oxygen atoms in total. The molecule has 1 aliphatic heterocycles. The van der Waals surface area contributed by atoms with E-state index in [2.05, 4.69) is 17.6 Å². The van der Waals surface area contributed by atoms with Gasteiger partial charge >= 0.3 is 6.09 Å². The molecular formula is C12H24N2O2. The number of rotatable bonds is 2. The molecule has 1 saturated heterocycles. The summed E-state index contributed by atoms with van der Waals surface area (Å²) >= 11 is 0. The van der Waals surface area contributed by atoms with Gasteiger partial charge in [-0.1, -0.05) is 6.42 Å². The first-order valence-electron chi connectivity index (χ1n) is 6.10. The lowest BCUT2D eigenvalue weighted by Gasteiger charge is -2.29. The Morgan fingerprint density at radius 1 is 1.44 bits per heavy atom. The Kier molecular flexibility index (Phi) is 4.59. The maximum atomic E-state index is 11.4. The average molecular weight is 228 g/mol. The lowest BCUT2D eigenvalue weighted by Crippen LogP contribution is -2.48. The number of hydrogen-bond acceptors (Lipinski definition) is 3. The van der Waals surface area contributed by atoms with Gasteiger partial charge in [0.15, 0.2) is 0 Å². The van der Waals surface area contributed by atoms with Crippen molar-refractivity contribution in [3.8, 4) is 0 Å². The van der Waals surface area contributed by atoms with Crippen LogP contribution in [0.2, 0.25) is 0 Å². The minimum Gasteiger partial charge on any atom is -0.444 e. The summed E-state index contributed by atoms with van der Waals surface area (Å²) < 4.78 is 5.18. The van der Waals surface area contributed by atoms with Gasteiger partial charge in [0.2, 0.25) is 0 Å². The highest BCUT2D eigenvalue weighted by Gasteiger charge is 2.20. The van der Waals surface area contributed by atoms with Crippen LogP contribution in [0.3, 0.4) is 0 Å². The molecule has 2 N–H and O–H groups in total. The van der Waals surface area contributed by atoms with Crippen LogP contribution in [0.25, 0.3) is 0 Å². The van der Waals surface area contributed by atoms with E-state index in [-0.39, 0.29) is 6.09 Å². The lowest BCUT2D eigenvalue weighted by molar-refractivity contribution is 0.0519. The number of alkyl carbamates (subject to hydrolysis) is 1. The Labute approximate surface area is 98.1 Å². The van der Waals surface area contributed by atoms with Crippen LogP contribution < -0.4 is 10.6 Å². The molecule has 1 amide bonds. The highest BCUT2D eigenvalue weighted by Crippen LogP contribution is 2.12. The zero-order valence-corrected chi connectivity index (χ0v) is 10.8. The van der Waals surface area contributed by atoms with Crippen LogP contribution in [-0.2, 0) is 4.74 Å². The van der Waals surface area contributed by atoms with E-state index in [1.165, 1.54) is 12.8 Å². The minimum atomic E-state index is -0.419. The van der Waals surface area contributed by atoms with E-state index in [1.54, 1.807) is 0 Å². The van der Waals surface area contributed by atoms with Crippen molar-refractivity contribution in [1.29, 1.82) is 0 Å². The molecule has 0 radical (unpaired) electrons. The summed E-state index contributed by atoms with van der Waals surface area (Å²) in [6.07, 6.45) is 3.25. The van der Waals surface area contributed by atoms with Crippen LogP contribution in [-0.4, -0.2) is 30.3 Å². The molecule has 0 aromatic carbocycles. The van der Waals surface area contributed by atoms with Gasteiger partial charge in [0.1, 0.15) is 5.60 Å².